The predicted octanol–water partition coefficient (Wildman–Crippen LogP) is 11.2. The van der Waals surface area contributed by atoms with Crippen molar-refractivity contribution in [1.82, 2.24) is 4.57 Å². The second-order valence-electron chi connectivity index (χ2n) is 13.3. The van der Waals surface area contributed by atoms with Crippen molar-refractivity contribution >= 4 is 44.7 Å². The molecule has 5 aromatic carbocycles. The average Bonchev–Trinajstić information content (AvgIpc) is 3.64. The standard InChI is InChI=1S/C44H30N2O/c1-44(2)36-18-10-12-20-39(36)46(29-21-22-31-34-23-27-13-5-3-8-16-30(27)42(34)43(47)35(31)24-29)41-25-33-32-17-9-11-19-38(32)45(40(33)26-37(41)44)28-14-6-4-7-15-28/h3-26H,1-2H3. The van der Waals surface area contributed by atoms with Gasteiger partial charge in [0.2, 0.25) is 0 Å². The highest BCUT2D eigenvalue weighted by Crippen LogP contribution is 2.55. The van der Waals surface area contributed by atoms with Gasteiger partial charge in [-0.05, 0) is 88.0 Å². The van der Waals surface area contributed by atoms with Gasteiger partial charge in [0.25, 0.3) is 0 Å². The number of fused-ring (bicyclic) bond motifs is 10. The van der Waals surface area contributed by atoms with Crippen molar-refractivity contribution in [3.8, 4) is 27.9 Å². The largest absolute Gasteiger partial charge is 0.310 e. The van der Waals surface area contributed by atoms with Gasteiger partial charge >= 0.3 is 0 Å². The summed E-state index contributed by atoms with van der Waals surface area (Å²) in [6.45, 7) is 4.66. The molecule has 0 amide bonds. The SMILES string of the molecule is CC1(C)c2ccccc2N(c2ccc3c(c2)C(=O)c2c4cccccc-4cc2-3)c2cc3c4ccccc4n(-c4ccccc4)c3cc21. The molecule has 3 aliphatic carbocycles. The quantitative estimate of drug-likeness (QED) is 0.197. The summed E-state index contributed by atoms with van der Waals surface area (Å²) in [5.41, 5.74) is 14.8. The molecule has 0 unspecified atom stereocenters. The second kappa shape index (κ2) is 9.31. The first-order valence-corrected chi connectivity index (χ1v) is 16.2. The van der Waals surface area contributed by atoms with Crippen LogP contribution in [0.5, 0.6) is 0 Å². The van der Waals surface area contributed by atoms with Crippen molar-refractivity contribution in [2.45, 2.75) is 19.3 Å². The van der Waals surface area contributed by atoms with Gasteiger partial charge < -0.3 is 9.47 Å². The molecule has 1 aliphatic heterocycles. The van der Waals surface area contributed by atoms with Crippen LogP contribution in [0.1, 0.15) is 40.9 Å². The van der Waals surface area contributed by atoms with E-state index >= 15 is 0 Å². The summed E-state index contributed by atoms with van der Waals surface area (Å²) in [6.07, 6.45) is 0. The Morgan fingerprint density at radius 3 is 2.11 bits per heavy atom. The molecule has 10 rings (SSSR count). The highest BCUT2D eigenvalue weighted by Gasteiger charge is 2.39. The summed E-state index contributed by atoms with van der Waals surface area (Å²) in [6, 6.07) is 51.7. The summed E-state index contributed by atoms with van der Waals surface area (Å²) in [5.74, 6) is 0.102. The fraction of sp³-hybridized carbons (Fsp3) is 0.0682. The van der Waals surface area contributed by atoms with E-state index in [-0.39, 0.29) is 11.2 Å². The molecule has 3 heteroatoms. The summed E-state index contributed by atoms with van der Waals surface area (Å²) >= 11 is 0. The molecule has 0 saturated carbocycles. The van der Waals surface area contributed by atoms with Gasteiger partial charge in [-0.15, -0.1) is 0 Å². The maximum atomic E-state index is 14.1. The van der Waals surface area contributed by atoms with Gasteiger partial charge in [0, 0.05) is 38.7 Å². The van der Waals surface area contributed by atoms with Crippen LogP contribution >= 0.6 is 0 Å². The molecule has 0 bridgehead atoms. The second-order valence-corrected chi connectivity index (χ2v) is 13.3. The Kier molecular flexibility index (Phi) is 5.21. The number of carbonyl (C=O) groups is 1. The topological polar surface area (TPSA) is 25.2 Å². The van der Waals surface area contributed by atoms with Crippen LogP contribution in [0, 0.1) is 0 Å². The third-order valence-corrected chi connectivity index (χ3v) is 10.5. The Morgan fingerprint density at radius 2 is 1.23 bits per heavy atom. The monoisotopic (exact) mass is 602 g/mol. The fourth-order valence-corrected chi connectivity index (χ4v) is 8.27. The maximum Gasteiger partial charge on any atom is 0.194 e. The Labute approximate surface area is 273 Å². The summed E-state index contributed by atoms with van der Waals surface area (Å²) in [7, 11) is 0. The van der Waals surface area contributed by atoms with Gasteiger partial charge in [-0.2, -0.15) is 0 Å². The molecular weight excluding hydrogens is 572 g/mol. The van der Waals surface area contributed by atoms with Crippen LogP contribution < -0.4 is 4.90 Å². The molecule has 0 atom stereocenters. The molecule has 0 saturated heterocycles. The number of rotatable bonds is 2. The Morgan fingerprint density at radius 1 is 0.489 bits per heavy atom. The molecular formula is C44H30N2O. The van der Waals surface area contributed by atoms with Crippen molar-refractivity contribution in [1.29, 1.82) is 0 Å². The third kappa shape index (κ3) is 3.49. The van der Waals surface area contributed by atoms with Crippen molar-refractivity contribution in [3.63, 3.8) is 0 Å². The first kappa shape index (κ1) is 26.3. The van der Waals surface area contributed by atoms with Crippen LogP contribution in [0.3, 0.4) is 0 Å². The molecule has 3 nitrogen and oxygen atoms in total. The average molecular weight is 603 g/mol. The number of carbonyl (C=O) groups excluding carboxylic acids is 1. The number of ketones is 1. The van der Waals surface area contributed by atoms with Crippen molar-refractivity contribution < 1.29 is 4.79 Å². The predicted molar refractivity (Wildman–Crippen MR) is 193 cm³/mol. The van der Waals surface area contributed by atoms with Crippen LogP contribution in [-0.4, -0.2) is 10.4 Å². The lowest BCUT2D eigenvalue weighted by atomic mass is 9.73. The maximum absolute atomic E-state index is 14.1. The van der Waals surface area contributed by atoms with E-state index in [9.17, 15) is 4.79 Å². The van der Waals surface area contributed by atoms with E-state index in [1.807, 2.05) is 18.2 Å². The summed E-state index contributed by atoms with van der Waals surface area (Å²) < 4.78 is 2.39. The minimum atomic E-state index is -0.252. The molecule has 0 spiro atoms. The molecule has 0 fully saturated rings. The van der Waals surface area contributed by atoms with Crippen molar-refractivity contribution in [3.05, 3.63) is 168 Å². The number of nitrogens with zero attached hydrogens (tertiary/aromatic N) is 2. The normalized spacial score (nSPS) is 14.3. The number of para-hydroxylation sites is 3. The first-order chi connectivity index (χ1) is 23.0. The number of aromatic nitrogens is 1. The van der Waals surface area contributed by atoms with Crippen molar-refractivity contribution in [2.75, 3.05) is 4.90 Å². The highest BCUT2D eigenvalue weighted by atomic mass is 16.1. The van der Waals surface area contributed by atoms with E-state index < -0.39 is 0 Å². The molecule has 6 aromatic rings. The minimum absolute atomic E-state index is 0.102. The lowest BCUT2D eigenvalue weighted by Gasteiger charge is -2.42. The summed E-state index contributed by atoms with van der Waals surface area (Å²) in [4.78, 5) is 16.5. The summed E-state index contributed by atoms with van der Waals surface area (Å²) in [5, 5.41) is 2.43. The van der Waals surface area contributed by atoms with E-state index in [0.717, 1.165) is 56.1 Å². The van der Waals surface area contributed by atoms with E-state index in [1.54, 1.807) is 0 Å². The van der Waals surface area contributed by atoms with E-state index in [1.165, 1.54) is 32.9 Å². The number of hydrogen-bond donors (Lipinski definition) is 0. The van der Waals surface area contributed by atoms with Gasteiger partial charge in [-0.25, -0.2) is 0 Å². The molecule has 4 aliphatic rings. The smallest absolute Gasteiger partial charge is 0.194 e. The Hall–Kier alpha value is -5.93. The molecule has 2 heterocycles. The van der Waals surface area contributed by atoms with Crippen LogP contribution in [0.15, 0.2) is 146 Å². The molecule has 47 heavy (non-hydrogen) atoms. The number of hydrogen-bond acceptors (Lipinski definition) is 2. The van der Waals surface area contributed by atoms with E-state index in [4.69, 9.17) is 0 Å². The molecule has 222 valence electrons. The molecule has 0 radical (unpaired) electrons. The number of benzene rings is 5. The zero-order valence-corrected chi connectivity index (χ0v) is 26.2. The lowest BCUT2D eigenvalue weighted by Crippen LogP contribution is -2.30. The van der Waals surface area contributed by atoms with Gasteiger partial charge in [-0.1, -0.05) is 105 Å². The van der Waals surface area contributed by atoms with Gasteiger partial charge in [-0.3, -0.25) is 4.79 Å². The lowest BCUT2D eigenvalue weighted by molar-refractivity contribution is 0.104. The molecule has 1 aromatic heterocycles. The highest BCUT2D eigenvalue weighted by molar-refractivity contribution is 6.26. The van der Waals surface area contributed by atoms with Crippen LogP contribution in [-0.2, 0) is 5.41 Å². The van der Waals surface area contributed by atoms with Gasteiger partial charge in [0.05, 0.1) is 22.4 Å². The van der Waals surface area contributed by atoms with Crippen LogP contribution in [0.4, 0.5) is 17.1 Å². The van der Waals surface area contributed by atoms with Crippen molar-refractivity contribution in [2.24, 2.45) is 0 Å². The number of anilines is 3. The van der Waals surface area contributed by atoms with E-state index in [0.29, 0.717) is 0 Å². The molecule has 0 N–H and O–H groups in total. The van der Waals surface area contributed by atoms with E-state index in [2.05, 4.69) is 151 Å². The third-order valence-electron chi connectivity index (χ3n) is 10.5. The minimum Gasteiger partial charge on any atom is -0.310 e. The zero-order chi connectivity index (χ0) is 31.4. The Bertz CT molecular complexity index is 2570. The fourth-order valence-electron chi connectivity index (χ4n) is 8.27. The van der Waals surface area contributed by atoms with Crippen LogP contribution in [0.25, 0.3) is 49.7 Å². The Balaban J connectivity index is 1.24. The first-order valence-electron chi connectivity index (χ1n) is 16.2. The van der Waals surface area contributed by atoms with Gasteiger partial charge in [0.1, 0.15) is 0 Å². The van der Waals surface area contributed by atoms with Crippen LogP contribution in [0.2, 0.25) is 0 Å². The van der Waals surface area contributed by atoms with Gasteiger partial charge in [0.15, 0.2) is 5.78 Å². The zero-order valence-electron chi connectivity index (χ0n) is 26.2.